The lowest BCUT2D eigenvalue weighted by Crippen LogP contribution is -2.03. The second kappa shape index (κ2) is 4.18. The van der Waals surface area contributed by atoms with E-state index in [0.717, 1.165) is 0 Å². The zero-order chi connectivity index (χ0) is 11.5. The summed E-state index contributed by atoms with van der Waals surface area (Å²) in [5.74, 6) is -0.272. The van der Waals surface area contributed by atoms with Crippen LogP contribution in [0.2, 0.25) is 0 Å². The first kappa shape index (κ1) is 10.4. The Morgan fingerprint density at radius 3 is 2.69 bits per heavy atom. The molecule has 0 spiro atoms. The van der Waals surface area contributed by atoms with Crippen LogP contribution in [0.3, 0.4) is 0 Å². The van der Waals surface area contributed by atoms with Crippen molar-refractivity contribution < 1.29 is 9.13 Å². The van der Waals surface area contributed by atoms with Gasteiger partial charge in [-0.05, 0) is 24.3 Å². The molecule has 0 aliphatic rings. The SMILES string of the molecule is COc1ccc(-c2cccc(=O)[nH]2)cc1F. The third-order valence-electron chi connectivity index (χ3n) is 2.23. The predicted octanol–water partition coefficient (Wildman–Crippen LogP) is 2.19. The van der Waals surface area contributed by atoms with Crippen LogP contribution >= 0.6 is 0 Å². The number of hydrogen-bond acceptors (Lipinski definition) is 2. The van der Waals surface area contributed by atoms with Gasteiger partial charge in [-0.3, -0.25) is 4.79 Å². The molecule has 0 aliphatic carbocycles. The Labute approximate surface area is 91.5 Å². The van der Waals surface area contributed by atoms with Gasteiger partial charge >= 0.3 is 0 Å². The van der Waals surface area contributed by atoms with Gasteiger partial charge in [0.2, 0.25) is 5.56 Å². The van der Waals surface area contributed by atoms with Crippen LogP contribution in [0.25, 0.3) is 11.3 Å². The zero-order valence-corrected chi connectivity index (χ0v) is 8.66. The van der Waals surface area contributed by atoms with Crippen LogP contribution in [0, 0.1) is 5.82 Å². The summed E-state index contributed by atoms with van der Waals surface area (Å²) in [5, 5.41) is 0. The number of benzene rings is 1. The molecular formula is C12H10FNO2. The molecule has 2 aromatic rings. The fourth-order valence-electron chi connectivity index (χ4n) is 1.45. The van der Waals surface area contributed by atoms with Crippen molar-refractivity contribution in [2.45, 2.75) is 0 Å². The molecule has 1 N–H and O–H groups in total. The van der Waals surface area contributed by atoms with E-state index in [2.05, 4.69) is 4.98 Å². The normalized spacial score (nSPS) is 10.1. The van der Waals surface area contributed by atoms with Crippen LogP contribution in [0.5, 0.6) is 5.75 Å². The van der Waals surface area contributed by atoms with Crippen LogP contribution in [-0.2, 0) is 0 Å². The lowest BCUT2D eigenvalue weighted by atomic mass is 10.1. The predicted molar refractivity (Wildman–Crippen MR) is 59.0 cm³/mol. The molecule has 0 saturated carbocycles. The van der Waals surface area contributed by atoms with Crippen molar-refractivity contribution in [1.29, 1.82) is 0 Å². The third-order valence-corrected chi connectivity index (χ3v) is 2.23. The average molecular weight is 219 g/mol. The van der Waals surface area contributed by atoms with Gasteiger partial charge in [0.05, 0.1) is 7.11 Å². The third kappa shape index (κ3) is 1.95. The lowest BCUT2D eigenvalue weighted by Gasteiger charge is -2.04. The smallest absolute Gasteiger partial charge is 0.248 e. The molecule has 1 aromatic carbocycles. The van der Waals surface area contributed by atoms with E-state index in [1.54, 1.807) is 18.2 Å². The molecular weight excluding hydrogens is 209 g/mol. The zero-order valence-electron chi connectivity index (χ0n) is 8.66. The second-order valence-corrected chi connectivity index (χ2v) is 3.28. The van der Waals surface area contributed by atoms with Crippen LogP contribution in [-0.4, -0.2) is 12.1 Å². The van der Waals surface area contributed by atoms with E-state index in [0.29, 0.717) is 11.3 Å². The maximum Gasteiger partial charge on any atom is 0.248 e. The minimum absolute atomic E-state index is 0.182. The summed E-state index contributed by atoms with van der Waals surface area (Å²) in [6.07, 6.45) is 0. The Balaban J connectivity index is 2.49. The summed E-state index contributed by atoms with van der Waals surface area (Å²) in [6.45, 7) is 0. The summed E-state index contributed by atoms with van der Waals surface area (Å²) < 4.78 is 18.2. The van der Waals surface area contributed by atoms with Crippen molar-refractivity contribution in [3.8, 4) is 17.0 Å². The molecule has 0 saturated heterocycles. The van der Waals surface area contributed by atoms with Crippen molar-refractivity contribution in [2.75, 3.05) is 7.11 Å². The number of methoxy groups -OCH3 is 1. The molecule has 0 fully saturated rings. The van der Waals surface area contributed by atoms with E-state index >= 15 is 0 Å². The molecule has 0 aliphatic heterocycles. The Hall–Kier alpha value is -2.10. The van der Waals surface area contributed by atoms with Crippen LogP contribution in [0.15, 0.2) is 41.2 Å². The highest BCUT2D eigenvalue weighted by atomic mass is 19.1. The largest absolute Gasteiger partial charge is 0.494 e. The monoisotopic (exact) mass is 219 g/mol. The number of halogens is 1. The van der Waals surface area contributed by atoms with Crippen LogP contribution in [0.1, 0.15) is 0 Å². The van der Waals surface area contributed by atoms with Gasteiger partial charge in [0.15, 0.2) is 11.6 Å². The van der Waals surface area contributed by atoms with E-state index < -0.39 is 5.82 Å². The molecule has 1 aromatic heterocycles. The first-order chi connectivity index (χ1) is 7.70. The summed E-state index contributed by atoms with van der Waals surface area (Å²) in [6, 6.07) is 9.27. The van der Waals surface area contributed by atoms with Gasteiger partial charge < -0.3 is 9.72 Å². The Kier molecular flexibility index (Phi) is 2.72. The lowest BCUT2D eigenvalue weighted by molar-refractivity contribution is 0.386. The number of rotatable bonds is 2. The first-order valence-corrected chi connectivity index (χ1v) is 4.74. The maximum absolute atomic E-state index is 13.4. The molecule has 0 atom stereocenters. The maximum atomic E-state index is 13.4. The molecule has 82 valence electrons. The number of H-pyrrole nitrogens is 1. The first-order valence-electron chi connectivity index (χ1n) is 4.74. The summed E-state index contributed by atoms with van der Waals surface area (Å²) in [5.41, 5.74) is 0.971. The number of aromatic amines is 1. The van der Waals surface area contributed by atoms with Gasteiger partial charge in [0.1, 0.15) is 0 Å². The van der Waals surface area contributed by atoms with Gasteiger partial charge in [-0.15, -0.1) is 0 Å². The van der Waals surface area contributed by atoms with Gasteiger partial charge in [-0.2, -0.15) is 0 Å². The van der Waals surface area contributed by atoms with Gasteiger partial charge in [-0.25, -0.2) is 4.39 Å². The summed E-state index contributed by atoms with van der Waals surface area (Å²) in [4.78, 5) is 13.7. The van der Waals surface area contributed by atoms with Crippen LogP contribution < -0.4 is 10.3 Å². The number of pyridine rings is 1. The van der Waals surface area contributed by atoms with Crippen molar-refractivity contribution in [1.82, 2.24) is 4.98 Å². The topological polar surface area (TPSA) is 42.1 Å². The van der Waals surface area contributed by atoms with Gasteiger partial charge in [-0.1, -0.05) is 6.07 Å². The van der Waals surface area contributed by atoms with E-state index in [-0.39, 0.29) is 11.3 Å². The van der Waals surface area contributed by atoms with Crippen molar-refractivity contribution in [2.24, 2.45) is 0 Å². The molecule has 4 heteroatoms. The molecule has 0 unspecified atom stereocenters. The Morgan fingerprint density at radius 2 is 2.06 bits per heavy atom. The minimum Gasteiger partial charge on any atom is -0.494 e. The highest BCUT2D eigenvalue weighted by Crippen LogP contribution is 2.23. The molecule has 0 radical (unpaired) electrons. The molecule has 16 heavy (non-hydrogen) atoms. The molecule has 1 heterocycles. The fraction of sp³-hybridized carbons (Fsp3) is 0.0833. The molecule has 0 bridgehead atoms. The summed E-state index contributed by atoms with van der Waals surface area (Å²) in [7, 11) is 1.41. The average Bonchev–Trinajstić information content (AvgIpc) is 2.29. The van der Waals surface area contributed by atoms with Gasteiger partial charge in [0, 0.05) is 17.3 Å². The highest BCUT2D eigenvalue weighted by Gasteiger charge is 2.05. The van der Waals surface area contributed by atoms with E-state index in [1.807, 2.05) is 0 Å². The quantitative estimate of drug-likeness (QED) is 0.841. The minimum atomic E-state index is -0.454. The van der Waals surface area contributed by atoms with Gasteiger partial charge in [0.25, 0.3) is 0 Å². The van der Waals surface area contributed by atoms with E-state index in [1.165, 1.54) is 25.3 Å². The number of aromatic nitrogens is 1. The van der Waals surface area contributed by atoms with Crippen molar-refractivity contribution >= 4 is 0 Å². The Morgan fingerprint density at radius 1 is 1.25 bits per heavy atom. The highest BCUT2D eigenvalue weighted by molar-refractivity contribution is 5.60. The second-order valence-electron chi connectivity index (χ2n) is 3.28. The standard InChI is InChI=1S/C12H10FNO2/c1-16-11-6-5-8(7-9(11)13)10-3-2-4-12(15)14-10/h2-7H,1H3,(H,14,15). The fourth-order valence-corrected chi connectivity index (χ4v) is 1.45. The molecule has 0 amide bonds. The van der Waals surface area contributed by atoms with Crippen molar-refractivity contribution in [3.63, 3.8) is 0 Å². The summed E-state index contributed by atoms with van der Waals surface area (Å²) >= 11 is 0. The Bertz CT molecular complexity index is 563. The number of ether oxygens (including phenoxy) is 1. The molecule has 2 rings (SSSR count). The van der Waals surface area contributed by atoms with Crippen molar-refractivity contribution in [3.05, 3.63) is 52.6 Å². The number of hydrogen-bond donors (Lipinski definition) is 1. The van der Waals surface area contributed by atoms with Crippen LogP contribution in [0.4, 0.5) is 4.39 Å². The van der Waals surface area contributed by atoms with E-state index in [4.69, 9.17) is 4.74 Å². The van der Waals surface area contributed by atoms with E-state index in [9.17, 15) is 9.18 Å². The molecule has 3 nitrogen and oxygen atoms in total. The number of nitrogens with one attached hydrogen (secondary N) is 1.